The van der Waals surface area contributed by atoms with Crippen molar-refractivity contribution >= 4 is 22.5 Å². The van der Waals surface area contributed by atoms with Crippen molar-refractivity contribution in [1.82, 2.24) is 15.5 Å². The zero-order chi connectivity index (χ0) is 12.7. The maximum absolute atomic E-state index is 11.5. The molecule has 0 radical (unpaired) electrons. The lowest BCUT2D eigenvalue weighted by Crippen LogP contribution is -2.36. The number of amides is 2. The van der Waals surface area contributed by atoms with Gasteiger partial charge in [0, 0.05) is 12.6 Å². The molecule has 1 aromatic rings. The Bertz CT molecular complexity index is 356. The van der Waals surface area contributed by atoms with Crippen LogP contribution in [0.25, 0.3) is 0 Å². The minimum Gasteiger partial charge on any atom is -0.396 e. The lowest BCUT2D eigenvalue weighted by atomic mass is 10.2. The van der Waals surface area contributed by atoms with Crippen LogP contribution in [0.4, 0.5) is 9.93 Å². The summed E-state index contributed by atoms with van der Waals surface area (Å²) in [7, 11) is 0. The van der Waals surface area contributed by atoms with Crippen molar-refractivity contribution in [2.24, 2.45) is 0 Å². The molecule has 0 fully saturated rings. The molecule has 0 aliphatic rings. The molecule has 1 unspecified atom stereocenters. The summed E-state index contributed by atoms with van der Waals surface area (Å²) in [5.41, 5.74) is 0. The molecule has 0 saturated heterocycles. The van der Waals surface area contributed by atoms with Crippen LogP contribution in [0.1, 0.15) is 31.7 Å². The average molecular weight is 258 g/mol. The molecule has 0 aliphatic carbocycles. The monoisotopic (exact) mass is 258 g/mol. The fraction of sp³-hybridized carbons (Fsp3) is 0.700. The topological polar surface area (TPSA) is 87.1 Å². The fourth-order valence-electron chi connectivity index (χ4n) is 1.27. The van der Waals surface area contributed by atoms with Crippen molar-refractivity contribution in [2.75, 3.05) is 11.9 Å². The van der Waals surface area contributed by atoms with Crippen LogP contribution in [0.3, 0.4) is 0 Å². The van der Waals surface area contributed by atoms with E-state index in [1.807, 2.05) is 13.8 Å². The molecule has 1 atom stereocenters. The predicted molar refractivity (Wildman–Crippen MR) is 67.2 cm³/mol. The highest BCUT2D eigenvalue weighted by molar-refractivity contribution is 7.15. The van der Waals surface area contributed by atoms with Gasteiger partial charge in [0.1, 0.15) is 5.01 Å². The lowest BCUT2D eigenvalue weighted by Gasteiger charge is -2.12. The van der Waals surface area contributed by atoms with Gasteiger partial charge in [-0.25, -0.2) is 4.79 Å². The van der Waals surface area contributed by atoms with E-state index in [9.17, 15) is 4.79 Å². The number of aliphatic hydroxyl groups is 1. The number of aromatic nitrogens is 2. The van der Waals surface area contributed by atoms with Gasteiger partial charge in [-0.1, -0.05) is 18.3 Å². The smallest absolute Gasteiger partial charge is 0.321 e. The van der Waals surface area contributed by atoms with E-state index in [-0.39, 0.29) is 18.7 Å². The first kappa shape index (κ1) is 13.9. The molecule has 0 spiro atoms. The van der Waals surface area contributed by atoms with Crippen molar-refractivity contribution in [1.29, 1.82) is 0 Å². The Morgan fingerprint density at radius 1 is 1.53 bits per heavy atom. The van der Waals surface area contributed by atoms with Gasteiger partial charge in [-0.15, -0.1) is 10.2 Å². The number of rotatable bonds is 6. The molecule has 1 rings (SSSR count). The molecule has 6 nitrogen and oxygen atoms in total. The maximum Gasteiger partial charge on any atom is 0.321 e. The van der Waals surface area contributed by atoms with Crippen LogP contribution in [-0.2, 0) is 6.42 Å². The van der Waals surface area contributed by atoms with Gasteiger partial charge in [0.25, 0.3) is 0 Å². The first-order valence-electron chi connectivity index (χ1n) is 5.66. The summed E-state index contributed by atoms with van der Waals surface area (Å²) in [6, 6.07) is -0.255. The predicted octanol–water partition coefficient (Wildman–Crippen LogP) is 1.38. The van der Waals surface area contributed by atoms with E-state index in [4.69, 9.17) is 5.11 Å². The molecule has 0 aromatic carbocycles. The SMILES string of the molecule is CCc1nnc(NC(=O)NC(C)CCCO)s1. The van der Waals surface area contributed by atoms with Gasteiger partial charge in [-0.3, -0.25) is 5.32 Å². The number of anilines is 1. The summed E-state index contributed by atoms with van der Waals surface area (Å²) in [4.78, 5) is 11.5. The Labute approximate surface area is 104 Å². The molecule has 1 heterocycles. The van der Waals surface area contributed by atoms with Gasteiger partial charge in [0.05, 0.1) is 0 Å². The van der Waals surface area contributed by atoms with Gasteiger partial charge in [-0.05, 0) is 26.2 Å². The zero-order valence-electron chi connectivity index (χ0n) is 10.1. The Hall–Kier alpha value is -1.21. The molecule has 2 amide bonds. The quantitative estimate of drug-likeness (QED) is 0.719. The molecule has 7 heteroatoms. The third kappa shape index (κ3) is 5.10. The van der Waals surface area contributed by atoms with Crippen LogP contribution >= 0.6 is 11.3 Å². The number of hydrogen-bond acceptors (Lipinski definition) is 5. The summed E-state index contributed by atoms with van der Waals surface area (Å²) in [6.07, 6.45) is 2.24. The number of aryl methyl sites for hydroxylation is 1. The van der Waals surface area contributed by atoms with E-state index in [1.165, 1.54) is 11.3 Å². The first-order valence-corrected chi connectivity index (χ1v) is 6.48. The van der Waals surface area contributed by atoms with E-state index < -0.39 is 0 Å². The van der Waals surface area contributed by atoms with Crippen LogP contribution < -0.4 is 10.6 Å². The molecule has 96 valence electrons. The molecule has 17 heavy (non-hydrogen) atoms. The average Bonchev–Trinajstić information content (AvgIpc) is 2.73. The van der Waals surface area contributed by atoms with Gasteiger partial charge in [0.2, 0.25) is 5.13 Å². The zero-order valence-corrected chi connectivity index (χ0v) is 10.9. The normalized spacial score (nSPS) is 12.2. The molecular weight excluding hydrogens is 240 g/mol. The minimum atomic E-state index is -0.283. The van der Waals surface area contributed by atoms with Crippen molar-refractivity contribution in [3.05, 3.63) is 5.01 Å². The van der Waals surface area contributed by atoms with Crippen LogP contribution in [0.5, 0.6) is 0 Å². The van der Waals surface area contributed by atoms with Crippen LogP contribution in [-0.4, -0.2) is 34.0 Å². The van der Waals surface area contributed by atoms with E-state index in [2.05, 4.69) is 20.8 Å². The second-order valence-electron chi connectivity index (χ2n) is 3.72. The Kier molecular flexibility index (Phi) is 5.85. The fourth-order valence-corrected chi connectivity index (χ4v) is 1.95. The van der Waals surface area contributed by atoms with Crippen LogP contribution in [0.2, 0.25) is 0 Å². The van der Waals surface area contributed by atoms with Crippen molar-refractivity contribution < 1.29 is 9.90 Å². The highest BCUT2D eigenvalue weighted by atomic mass is 32.1. The number of carbonyl (C=O) groups excluding carboxylic acids is 1. The third-order valence-corrected chi connectivity index (χ3v) is 3.15. The van der Waals surface area contributed by atoms with E-state index in [0.717, 1.165) is 17.8 Å². The maximum atomic E-state index is 11.5. The van der Waals surface area contributed by atoms with E-state index >= 15 is 0 Å². The standard InChI is InChI=1S/C10H18N4O2S/c1-3-8-13-14-10(17-8)12-9(16)11-7(2)5-4-6-15/h7,15H,3-6H2,1-2H3,(H2,11,12,14,16). The Balaban J connectivity index is 2.33. The van der Waals surface area contributed by atoms with Crippen molar-refractivity contribution in [3.63, 3.8) is 0 Å². The van der Waals surface area contributed by atoms with Crippen molar-refractivity contribution in [2.45, 2.75) is 39.2 Å². The summed E-state index contributed by atoms with van der Waals surface area (Å²) >= 11 is 1.37. The Morgan fingerprint density at radius 3 is 2.88 bits per heavy atom. The number of hydrogen-bond donors (Lipinski definition) is 3. The summed E-state index contributed by atoms with van der Waals surface area (Å²) < 4.78 is 0. The molecule has 3 N–H and O–H groups in total. The highest BCUT2D eigenvalue weighted by Gasteiger charge is 2.09. The first-order chi connectivity index (χ1) is 8.15. The minimum absolute atomic E-state index is 0.0284. The third-order valence-electron chi connectivity index (χ3n) is 2.16. The summed E-state index contributed by atoms with van der Waals surface area (Å²) in [5.74, 6) is 0. The van der Waals surface area contributed by atoms with Crippen LogP contribution in [0, 0.1) is 0 Å². The summed E-state index contributed by atoms with van der Waals surface area (Å²) in [5, 5.41) is 23.2. The van der Waals surface area contributed by atoms with Gasteiger partial charge in [0.15, 0.2) is 0 Å². The van der Waals surface area contributed by atoms with Crippen molar-refractivity contribution in [3.8, 4) is 0 Å². The molecule has 1 aromatic heterocycles. The molecule has 0 saturated carbocycles. The van der Waals surface area contributed by atoms with Gasteiger partial charge < -0.3 is 10.4 Å². The largest absolute Gasteiger partial charge is 0.396 e. The Morgan fingerprint density at radius 2 is 2.29 bits per heavy atom. The van der Waals surface area contributed by atoms with Crippen LogP contribution in [0.15, 0.2) is 0 Å². The molecule has 0 aliphatic heterocycles. The second kappa shape index (κ2) is 7.18. The number of carbonyl (C=O) groups is 1. The lowest BCUT2D eigenvalue weighted by molar-refractivity contribution is 0.245. The van der Waals surface area contributed by atoms with Gasteiger partial charge in [-0.2, -0.15) is 0 Å². The number of nitrogens with zero attached hydrogens (tertiary/aromatic N) is 2. The molecule has 0 bridgehead atoms. The number of nitrogens with one attached hydrogen (secondary N) is 2. The van der Waals surface area contributed by atoms with E-state index in [1.54, 1.807) is 0 Å². The summed E-state index contributed by atoms with van der Waals surface area (Å²) in [6.45, 7) is 4.03. The van der Waals surface area contributed by atoms with Gasteiger partial charge >= 0.3 is 6.03 Å². The number of aliphatic hydroxyl groups excluding tert-OH is 1. The molecular formula is C10H18N4O2S. The van der Waals surface area contributed by atoms with E-state index in [0.29, 0.717) is 11.6 Å². The highest BCUT2D eigenvalue weighted by Crippen LogP contribution is 2.14. The number of urea groups is 1. The second-order valence-corrected chi connectivity index (χ2v) is 4.78.